The van der Waals surface area contributed by atoms with Gasteiger partial charge in [0.2, 0.25) is 11.8 Å². The number of methoxy groups -OCH3 is 4. The molecule has 0 saturated heterocycles. The third kappa shape index (κ3) is 6.26. The van der Waals surface area contributed by atoms with Crippen LogP contribution in [0.2, 0.25) is 0 Å². The van der Waals surface area contributed by atoms with Crippen LogP contribution in [0.5, 0.6) is 23.0 Å². The van der Waals surface area contributed by atoms with Gasteiger partial charge in [0.25, 0.3) is 0 Å². The second-order valence-electron chi connectivity index (χ2n) is 20.2. The zero-order valence-electron chi connectivity index (χ0n) is 36.3. The third-order valence-corrected chi connectivity index (χ3v) is 14.4. The standard InChI is InChI=1S/C46H68N2O6/c1-41(2,3)31-25-53-39(47-31)27-23-29(45(11)21-17-19-43(45,7)8)35(49-13)37(51-15)33(27)34-28(40-48-32(26-54-40)42(4,5)6)24-30(36(50-14)38(34)52-16)46(12)22-18-20-44(46,9)10/h23-24,31-32H,17-22,25-26H2,1-16H3/t31-,32-,45-,46-/m1/s1. The van der Waals surface area contributed by atoms with E-state index in [-0.39, 0.29) is 44.6 Å². The number of rotatable bonds is 9. The van der Waals surface area contributed by atoms with Crippen molar-refractivity contribution in [3.63, 3.8) is 0 Å². The Labute approximate surface area is 325 Å². The predicted octanol–water partition coefficient (Wildman–Crippen LogP) is 10.7. The molecule has 2 aliphatic carbocycles. The molecule has 0 unspecified atom stereocenters. The molecule has 2 heterocycles. The van der Waals surface area contributed by atoms with Gasteiger partial charge < -0.3 is 28.4 Å². The molecule has 6 rings (SSSR count). The van der Waals surface area contributed by atoms with E-state index in [0.29, 0.717) is 48.0 Å². The Balaban J connectivity index is 1.80. The fraction of sp³-hybridized carbons (Fsp3) is 0.696. The molecule has 0 aromatic heterocycles. The van der Waals surface area contributed by atoms with E-state index in [1.165, 1.54) is 0 Å². The first-order chi connectivity index (χ1) is 25.1. The lowest BCUT2D eigenvalue weighted by molar-refractivity contribution is 0.216. The number of hydrogen-bond donors (Lipinski definition) is 0. The van der Waals surface area contributed by atoms with Crippen molar-refractivity contribution in [2.45, 2.75) is 145 Å². The number of ether oxygens (including phenoxy) is 6. The van der Waals surface area contributed by atoms with Crippen molar-refractivity contribution >= 4 is 11.8 Å². The Hall–Kier alpha value is -3.42. The van der Waals surface area contributed by atoms with Gasteiger partial charge in [0, 0.05) is 44.2 Å². The molecule has 8 heteroatoms. The van der Waals surface area contributed by atoms with E-state index in [0.717, 1.165) is 71.9 Å². The van der Waals surface area contributed by atoms with Gasteiger partial charge in [0.05, 0.1) is 40.5 Å². The molecule has 2 saturated carbocycles. The van der Waals surface area contributed by atoms with Gasteiger partial charge in [-0.25, -0.2) is 9.98 Å². The molecule has 54 heavy (non-hydrogen) atoms. The van der Waals surface area contributed by atoms with E-state index in [4.69, 9.17) is 38.4 Å². The summed E-state index contributed by atoms with van der Waals surface area (Å²) < 4.78 is 39.3. The van der Waals surface area contributed by atoms with Crippen LogP contribution < -0.4 is 18.9 Å². The van der Waals surface area contributed by atoms with Crippen molar-refractivity contribution in [1.29, 1.82) is 0 Å². The van der Waals surface area contributed by atoms with Crippen molar-refractivity contribution < 1.29 is 28.4 Å². The lowest BCUT2D eigenvalue weighted by Crippen LogP contribution is -2.35. The average molecular weight is 745 g/mol. The summed E-state index contributed by atoms with van der Waals surface area (Å²) in [6.07, 6.45) is 6.56. The third-order valence-electron chi connectivity index (χ3n) is 14.4. The summed E-state index contributed by atoms with van der Waals surface area (Å²) in [6, 6.07) is 4.50. The molecule has 2 aromatic carbocycles. The fourth-order valence-corrected chi connectivity index (χ4v) is 9.65. The van der Waals surface area contributed by atoms with Crippen LogP contribution in [0.4, 0.5) is 0 Å². The summed E-state index contributed by atoms with van der Waals surface area (Å²) in [7, 11) is 6.95. The molecule has 0 N–H and O–H groups in total. The highest BCUT2D eigenvalue weighted by Gasteiger charge is 2.51. The lowest BCUT2D eigenvalue weighted by atomic mass is 9.64. The Morgan fingerprint density at radius 1 is 0.537 bits per heavy atom. The Bertz CT molecular complexity index is 1710. The summed E-state index contributed by atoms with van der Waals surface area (Å²) >= 11 is 0. The van der Waals surface area contributed by atoms with Crippen LogP contribution in [-0.4, -0.2) is 65.5 Å². The molecular formula is C46H68N2O6. The SMILES string of the molecule is COc1c([C@@]2(C)CCCC2(C)C)cc(C2=N[C@@H](C(C)(C)C)CO2)c(-c2c(C3=N[C@@H](C(C)(C)C)CO3)cc([C@@]3(C)CCCC3(C)C)c(OC)c2OC)c1OC. The van der Waals surface area contributed by atoms with Gasteiger partial charge in [-0.15, -0.1) is 0 Å². The zero-order valence-corrected chi connectivity index (χ0v) is 36.3. The molecule has 4 aliphatic rings. The van der Waals surface area contributed by atoms with E-state index < -0.39 is 0 Å². The Morgan fingerprint density at radius 2 is 0.870 bits per heavy atom. The maximum Gasteiger partial charge on any atom is 0.217 e. The van der Waals surface area contributed by atoms with E-state index in [1.807, 2.05) is 0 Å². The maximum atomic E-state index is 6.64. The van der Waals surface area contributed by atoms with Gasteiger partial charge in [0.1, 0.15) is 13.2 Å². The van der Waals surface area contributed by atoms with E-state index >= 15 is 0 Å². The summed E-state index contributed by atoms with van der Waals surface area (Å²) in [4.78, 5) is 10.6. The van der Waals surface area contributed by atoms with Gasteiger partial charge in [0.15, 0.2) is 23.0 Å². The molecule has 8 nitrogen and oxygen atoms in total. The quantitative estimate of drug-likeness (QED) is 0.254. The second kappa shape index (κ2) is 13.7. The van der Waals surface area contributed by atoms with Gasteiger partial charge in [-0.1, -0.05) is 95.9 Å². The lowest BCUT2D eigenvalue weighted by Gasteiger charge is -2.41. The van der Waals surface area contributed by atoms with Crippen LogP contribution >= 0.6 is 0 Å². The van der Waals surface area contributed by atoms with E-state index in [1.54, 1.807) is 28.4 Å². The Morgan fingerprint density at radius 3 is 1.11 bits per heavy atom. The highest BCUT2D eigenvalue weighted by Crippen LogP contribution is 2.62. The van der Waals surface area contributed by atoms with Crippen LogP contribution in [-0.2, 0) is 20.3 Å². The number of nitrogens with zero attached hydrogens (tertiary/aromatic N) is 2. The zero-order chi connectivity index (χ0) is 39.8. The van der Waals surface area contributed by atoms with Crippen molar-refractivity contribution in [1.82, 2.24) is 0 Å². The highest BCUT2D eigenvalue weighted by atomic mass is 16.5. The normalized spacial score (nSPS) is 27.6. The molecule has 2 fully saturated rings. The monoisotopic (exact) mass is 745 g/mol. The number of hydrogen-bond acceptors (Lipinski definition) is 8. The largest absolute Gasteiger partial charge is 0.493 e. The molecular weight excluding hydrogens is 677 g/mol. The summed E-state index contributed by atoms with van der Waals surface area (Å²) in [5, 5.41) is 0. The minimum atomic E-state index is -0.197. The van der Waals surface area contributed by atoms with Crippen LogP contribution in [0.1, 0.15) is 144 Å². The molecule has 0 radical (unpaired) electrons. The second-order valence-corrected chi connectivity index (χ2v) is 20.2. The molecule has 298 valence electrons. The predicted molar refractivity (Wildman–Crippen MR) is 220 cm³/mol. The first kappa shape index (κ1) is 40.2. The fourth-order valence-electron chi connectivity index (χ4n) is 9.65. The van der Waals surface area contributed by atoms with Gasteiger partial charge in [-0.2, -0.15) is 0 Å². The maximum absolute atomic E-state index is 6.64. The molecule has 4 atom stereocenters. The molecule has 2 aliphatic heterocycles. The molecule has 0 amide bonds. The van der Waals surface area contributed by atoms with Crippen molar-refractivity contribution in [3.8, 4) is 34.1 Å². The molecule has 2 aromatic rings. The minimum Gasteiger partial charge on any atom is -0.493 e. The van der Waals surface area contributed by atoms with Crippen LogP contribution in [0.15, 0.2) is 22.1 Å². The summed E-state index contributed by atoms with van der Waals surface area (Å²) in [6.45, 7) is 28.5. The summed E-state index contributed by atoms with van der Waals surface area (Å²) in [5.41, 5.74) is 4.86. The van der Waals surface area contributed by atoms with Gasteiger partial charge in [-0.3, -0.25) is 0 Å². The van der Waals surface area contributed by atoms with Crippen LogP contribution in [0, 0.1) is 21.7 Å². The van der Waals surface area contributed by atoms with Crippen LogP contribution in [0.25, 0.3) is 11.1 Å². The van der Waals surface area contributed by atoms with Gasteiger partial charge in [-0.05, 0) is 59.5 Å². The van der Waals surface area contributed by atoms with Gasteiger partial charge >= 0.3 is 0 Å². The van der Waals surface area contributed by atoms with E-state index in [9.17, 15) is 0 Å². The summed E-state index contributed by atoms with van der Waals surface area (Å²) in [5.74, 6) is 3.81. The highest BCUT2D eigenvalue weighted by molar-refractivity contribution is 6.11. The smallest absolute Gasteiger partial charge is 0.217 e. The minimum absolute atomic E-state index is 0.0159. The topological polar surface area (TPSA) is 80.1 Å². The Kier molecular flexibility index (Phi) is 10.2. The number of benzene rings is 2. The van der Waals surface area contributed by atoms with Crippen LogP contribution in [0.3, 0.4) is 0 Å². The average Bonchev–Trinajstić information content (AvgIpc) is 3.89. The van der Waals surface area contributed by atoms with E-state index in [2.05, 4.69) is 95.2 Å². The molecule has 0 spiro atoms. The van der Waals surface area contributed by atoms with Crippen molar-refractivity contribution in [2.24, 2.45) is 31.6 Å². The number of aliphatic imine (C=N–C) groups is 2. The van der Waals surface area contributed by atoms with Crippen molar-refractivity contribution in [3.05, 3.63) is 34.4 Å². The first-order valence-electron chi connectivity index (χ1n) is 20.1. The first-order valence-corrected chi connectivity index (χ1v) is 20.1. The molecule has 0 bridgehead atoms. The van der Waals surface area contributed by atoms with Crippen molar-refractivity contribution in [2.75, 3.05) is 41.7 Å².